The van der Waals surface area contributed by atoms with Crippen LogP contribution in [0.3, 0.4) is 0 Å². The second-order valence-corrected chi connectivity index (χ2v) is 4.26. The molecule has 0 saturated carbocycles. The summed E-state index contributed by atoms with van der Waals surface area (Å²) in [7, 11) is 0. The van der Waals surface area contributed by atoms with Crippen molar-refractivity contribution in [3.8, 4) is 0 Å². The molecule has 0 saturated heterocycles. The summed E-state index contributed by atoms with van der Waals surface area (Å²) >= 11 is 0. The van der Waals surface area contributed by atoms with Crippen LogP contribution in [0, 0.1) is 6.92 Å². The topological polar surface area (TPSA) is 29.9 Å². The highest BCUT2D eigenvalue weighted by Crippen LogP contribution is 2.02. The Morgan fingerprint density at radius 1 is 1.18 bits per heavy atom. The molecule has 0 bridgehead atoms. The van der Waals surface area contributed by atoms with E-state index in [1.807, 2.05) is 19.2 Å². The van der Waals surface area contributed by atoms with Gasteiger partial charge in [0.05, 0.1) is 0 Å². The molecule has 0 atom stereocenters. The minimum Gasteiger partial charge on any atom is -0.354 e. The van der Waals surface area contributed by atoms with Crippen LogP contribution in [0.25, 0.3) is 0 Å². The number of aryl methyl sites for hydroxylation is 2. The molecule has 0 fully saturated rings. The van der Waals surface area contributed by atoms with Crippen molar-refractivity contribution in [1.29, 1.82) is 0 Å². The van der Waals surface area contributed by atoms with E-state index in [1.165, 1.54) is 11.1 Å². The lowest BCUT2D eigenvalue weighted by atomic mass is 10.2. The van der Waals surface area contributed by atoms with E-state index in [0.29, 0.717) is 0 Å². The minimum atomic E-state index is 0.866. The van der Waals surface area contributed by atoms with Crippen LogP contribution >= 0.6 is 0 Å². The molecule has 0 spiro atoms. The standard InChI is InChI=1S/C14H19N3/c1-3-17-7-6-14(11-17)9-15-8-13-5-4-12(2)16-10-13/h4-7,10-11,15H,3,8-9H2,1-2H3. The van der Waals surface area contributed by atoms with Gasteiger partial charge in [0.2, 0.25) is 0 Å². The van der Waals surface area contributed by atoms with Gasteiger partial charge in [-0.15, -0.1) is 0 Å². The summed E-state index contributed by atoms with van der Waals surface area (Å²) in [5.41, 5.74) is 3.62. The van der Waals surface area contributed by atoms with Crippen LogP contribution in [0.5, 0.6) is 0 Å². The van der Waals surface area contributed by atoms with Gasteiger partial charge in [-0.05, 0) is 37.1 Å². The van der Waals surface area contributed by atoms with Crippen molar-refractivity contribution < 1.29 is 0 Å². The summed E-state index contributed by atoms with van der Waals surface area (Å²) in [6.45, 7) is 6.95. The van der Waals surface area contributed by atoms with E-state index in [4.69, 9.17) is 0 Å². The van der Waals surface area contributed by atoms with Gasteiger partial charge in [0.1, 0.15) is 0 Å². The molecular weight excluding hydrogens is 210 g/mol. The number of hydrogen-bond acceptors (Lipinski definition) is 2. The molecule has 2 rings (SSSR count). The maximum absolute atomic E-state index is 4.28. The molecule has 2 aromatic rings. The van der Waals surface area contributed by atoms with Crippen molar-refractivity contribution >= 4 is 0 Å². The fraction of sp³-hybridized carbons (Fsp3) is 0.357. The van der Waals surface area contributed by atoms with Crippen molar-refractivity contribution in [1.82, 2.24) is 14.9 Å². The molecule has 1 N–H and O–H groups in total. The Balaban J connectivity index is 1.81. The molecular formula is C14H19N3. The van der Waals surface area contributed by atoms with Gasteiger partial charge >= 0.3 is 0 Å². The zero-order valence-corrected chi connectivity index (χ0v) is 10.5. The van der Waals surface area contributed by atoms with Crippen LogP contribution in [0.2, 0.25) is 0 Å². The lowest BCUT2D eigenvalue weighted by molar-refractivity contribution is 0.686. The maximum atomic E-state index is 4.28. The minimum absolute atomic E-state index is 0.866. The van der Waals surface area contributed by atoms with Crippen LogP contribution < -0.4 is 5.32 Å². The maximum Gasteiger partial charge on any atom is 0.0372 e. The van der Waals surface area contributed by atoms with Crippen molar-refractivity contribution in [2.24, 2.45) is 0 Å². The third kappa shape index (κ3) is 3.43. The van der Waals surface area contributed by atoms with E-state index in [2.05, 4.69) is 46.3 Å². The monoisotopic (exact) mass is 229 g/mol. The number of aromatic nitrogens is 2. The third-order valence-electron chi connectivity index (χ3n) is 2.81. The van der Waals surface area contributed by atoms with E-state index < -0.39 is 0 Å². The Morgan fingerprint density at radius 3 is 2.65 bits per heavy atom. The number of hydrogen-bond donors (Lipinski definition) is 1. The normalized spacial score (nSPS) is 10.7. The van der Waals surface area contributed by atoms with Gasteiger partial charge in [-0.25, -0.2) is 0 Å². The molecule has 0 aromatic carbocycles. The predicted octanol–water partition coefficient (Wildman–Crippen LogP) is 2.50. The summed E-state index contributed by atoms with van der Waals surface area (Å²) in [5, 5.41) is 3.42. The first-order valence-electron chi connectivity index (χ1n) is 6.05. The average molecular weight is 229 g/mol. The van der Waals surface area contributed by atoms with E-state index in [0.717, 1.165) is 25.3 Å². The Kier molecular flexibility index (Phi) is 3.94. The van der Waals surface area contributed by atoms with Gasteiger partial charge in [0.25, 0.3) is 0 Å². The van der Waals surface area contributed by atoms with E-state index in [9.17, 15) is 0 Å². The van der Waals surface area contributed by atoms with Gasteiger partial charge in [0, 0.05) is 43.9 Å². The molecule has 0 radical (unpaired) electrons. The smallest absolute Gasteiger partial charge is 0.0372 e. The van der Waals surface area contributed by atoms with E-state index in [1.54, 1.807) is 0 Å². The van der Waals surface area contributed by atoms with Gasteiger partial charge in [0.15, 0.2) is 0 Å². The van der Waals surface area contributed by atoms with Crippen LogP contribution in [-0.4, -0.2) is 9.55 Å². The first kappa shape index (κ1) is 11.9. The summed E-state index contributed by atoms with van der Waals surface area (Å²) in [6, 6.07) is 6.32. The van der Waals surface area contributed by atoms with Crippen LogP contribution in [0.4, 0.5) is 0 Å². The van der Waals surface area contributed by atoms with Crippen molar-refractivity contribution in [3.63, 3.8) is 0 Å². The van der Waals surface area contributed by atoms with E-state index >= 15 is 0 Å². The van der Waals surface area contributed by atoms with Gasteiger partial charge in [-0.1, -0.05) is 6.07 Å². The Bertz CT molecular complexity index is 457. The molecule has 0 amide bonds. The van der Waals surface area contributed by atoms with Crippen LogP contribution in [0.1, 0.15) is 23.7 Å². The highest BCUT2D eigenvalue weighted by atomic mass is 14.9. The molecule has 2 aromatic heterocycles. The van der Waals surface area contributed by atoms with Crippen LogP contribution in [0.15, 0.2) is 36.8 Å². The number of nitrogens with one attached hydrogen (secondary N) is 1. The summed E-state index contributed by atoms with van der Waals surface area (Å²) < 4.78 is 2.18. The number of rotatable bonds is 5. The molecule has 3 nitrogen and oxygen atoms in total. The largest absolute Gasteiger partial charge is 0.354 e. The van der Waals surface area contributed by atoms with E-state index in [-0.39, 0.29) is 0 Å². The fourth-order valence-corrected chi connectivity index (χ4v) is 1.75. The summed E-state index contributed by atoms with van der Waals surface area (Å²) in [5.74, 6) is 0. The second kappa shape index (κ2) is 5.64. The summed E-state index contributed by atoms with van der Waals surface area (Å²) in [4.78, 5) is 4.28. The molecule has 0 aliphatic rings. The lowest BCUT2D eigenvalue weighted by Gasteiger charge is -2.03. The Hall–Kier alpha value is -1.61. The SMILES string of the molecule is CCn1ccc(CNCc2ccc(C)nc2)c1. The average Bonchev–Trinajstić information content (AvgIpc) is 2.80. The molecule has 17 heavy (non-hydrogen) atoms. The fourth-order valence-electron chi connectivity index (χ4n) is 1.75. The van der Waals surface area contributed by atoms with Gasteiger partial charge < -0.3 is 9.88 Å². The lowest BCUT2D eigenvalue weighted by Crippen LogP contribution is -2.12. The molecule has 90 valence electrons. The zero-order chi connectivity index (χ0) is 12.1. The first-order chi connectivity index (χ1) is 8.28. The Morgan fingerprint density at radius 2 is 2.00 bits per heavy atom. The molecule has 0 aliphatic carbocycles. The number of pyridine rings is 1. The molecule has 2 heterocycles. The summed E-state index contributed by atoms with van der Waals surface area (Å²) in [6.07, 6.45) is 6.23. The Labute approximate surface area is 103 Å². The zero-order valence-electron chi connectivity index (χ0n) is 10.5. The van der Waals surface area contributed by atoms with Gasteiger partial charge in [-0.3, -0.25) is 4.98 Å². The van der Waals surface area contributed by atoms with Crippen molar-refractivity contribution in [2.45, 2.75) is 33.5 Å². The highest BCUT2D eigenvalue weighted by Gasteiger charge is 1.96. The first-order valence-corrected chi connectivity index (χ1v) is 6.05. The third-order valence-corrected chi connectivity index (χ3v) is 2.81. The molecule has 3 heteroatoms. The molecule has 0 aliphatic heterocycles. The highest BCUT2D eigenvalue weighted by molar-refractivity contribution is 5.14. The van der Waals surface area contributed by atoms with Crippen molar-refractivity contribution in [3.05, 3.63) is 53.6 Å². The van der Waals surface area contributed by atoms with Crippen LogP contribution in [-0.2, 0) is 19.6 Å². The number of nitrogens with zero attached hydrogens (tertiary/aromatic N) is 2. The second-order valence-electron chi connectivity index (χ2n) is 4.26. The van der Waals surface area contributed by atoms with Crippen molar-refractivity contribution in [2.75, 3.05) is 0 Å². The van der Waals surface area contributed by atoms with Gasteiger partial charge in [-0.2, -0.15) is 0 Å². The quantitative estimate of drug-likeness (QED) is 0.853. The predicted molar refractivity (Wildman–Crippen MR) is 69.6 cm³/mol. The molecule has 0 unspecified atom stereocenters.